The predicted octanol–water partition coefficient (Wildman–Crippen LogP) is 1.94. The van der Waals surface area contributed by atoms with E-state index < -0.39 is 0 Å². The van der Waals surface area contributed by atoms with Crippen LogP contribution in [0.1, 0.15) is 18.9 Å². The SMILES string of the molecule is CCCN1CCN(Cc2cccc(N)c2F)CC1. The van der Waals surface area contributed by atoms with E-state index in [1.54, 1.807) is 6.07 Å². The van der Waals surface area contributed by atoms with E-state index in [0.717, 1.165) is 26.2 Å². The van der Waals surface area contributed by atoms with Crippen molar-refractivity contribution in [3.63, 3.8) is 0 Å². The Morgan fingerprint density at radius 2 is 1.83 bits per heavy atom. The van der Waals surface area contributed by atoms with Gasteiger partial charge in [-0.05, 0) is 19.0 Å². The van der Waals surface area contributed by atoms with E-state index >= 15 is 0 Å². The van der Waals surface area contributed by atoms with Gasteiger partial charge in [0.2, 0.25) is 0 Å². The van der Waals surface area contributed by atoms with E-state index in [0.29, 0.717) is 12.1 Å². The third-order valence-electron chi connectivity index (χ3n) is 3.51. The Morgan fingerprint density at radius 1 is 1.17 bits per heavy atom. The fraction of sp³-hybridized carbons (Fsp3) is 0.571. The number of piperazine rings is 1. The minimum atomic E-state index is -0.256. The number of rotatable bonds is 4. The molecule has 0 atom stereocenters. The fourth-order valence-electron chi connectivity index (χ4n) is 2.45. The highest BCUT2D eigenvalue weighted by molar-refractivity contribution is 5.42. The number of nitrogens with zero attached hydrogens (tertiary/aromatic N) is 2. The molecule has 0 aromatic heterocycles. The van der Waals surface area contributed by atoms with Crippen molar-refractivity contribution < 1.29 is 4.39 Å². The fourth-order valence-corrected chi connectivity index (χ4v) is 2.45. The average Bonchev–Trinajstić information content (AvgIpc) is 2.38. The van der Waals surface area contributed by atoms with Crippen LogP contribution in [0.2, 0.25) is 0 Å². The van der Waals surface area contributed by atoms with Gasteiger partial charge in [0.15, 0.2) is 5.82 Å². The Kier molecular flexibility index (Phi) is 4.55. The molecule has 0 saturated carbocycles. The molecule has 1 fully saturated rings. The molecule has 1 aromatic rings. The summed E-state index contributed by atoms with van der Waals surface area (Å²) in [6, 6.07) is 5.25. The third kappa shape index (κ3) is 3.21. The molecule has 0 spiro atoms. The standard InChI is InChI=1S/C14H22FN3/c1-2-6-17-7-9-18(10-8-17)11-12-4-3-5-13(16)14(12)15/h3-5H,2,6-11,16H2,1H3. The van der Waals surface area contributed by atoms with Crippen molar-refractivity contribution in [2.45, 2.75) is 19.9 Å². The molecule has 1 aromatic carbocycles. The van der Waals surface area contributed by atoms with Crippen LogP contribution in [0.5, 0.6) is 0 Å². The average molecular weight is 251 g/mol. The molecule has 3 nitrogen and oxygen atoms in total. The van der Waals surface area contributed by atoms with Crippen molar-refractivity contribution in [2.75, 3.05) is 38.5 Å². The highest BCUT2D eigenvalue weighted by atomic mass is 19.1. The topological polar surface area (TPSA) is 32.5 Å². The minimum absolute atomic E-state index is 0.247. The Balaban J connectivity index is 1.90. The van der Waals surface area contributed by atoms with Crippen molar-refractivity contribution in [3.05, 3.63) is 29.6 Å². The van der Waals surface area contributed by atoms with Crippen LogP contribution in [0.4, 0.5) is 10.1 Å². The summed E-state index contributed by atoms with van der Waals surface area (Å²) >= 11 is 0. The molecule has 0 amide bonds. The van der Waals surface area contributed by atoms with E-state index in [4.69, 9.17) is 5.73 Å². The number of benzene rings is 1. The lowest BCUT2D eigenvalue weighted by atomic mass is 10.1. The second-order valence-corrected chi connectivity index (χ2v) is 4.94. The van der Waals surface area contributed by atoms with Gasteiger partial charge in [0.1, 0.15) is 0 Å². The molecule has 0 radical (unpaired) electrons. The van der Waals surface area contributed by atoms with Gasteiger partial charge in [-0.2, -0.15) is 0 Å². The largest absolute Gasteiger partial charge is 0.396 e. The van der Waals surface area contributed by atoms with Gasteiger partial charge >= 0.3 is 0 Å². The van der Waals surface area contributed by atoms with Gasteiger partial charge in [-0.3, -0.25) is 4.90 Å². The van der Waals surface area contributed by atoms with Gasteiger partial charge in [0, 0.05) is 38.3 Å². The highest BCUT2D eigenvalue weighted by Crippen LogP contribution is 2.17. The lowest BCUT2D eigenvalue weighted by molar-refractivity contribution is 0.126. The number of nitrogen functional groups attached to an aromatic ring is 1. The van der Waals surface area contributed by atoms with Crippen LogP contribution >= 0.6 is 0 Å². The molecule has 1 heterocycles. The van der Waals surface area contributed by atoms with Gasteiger partial charge in [0.05, 0.1) is 5.69 Å². The summed E-state index contributed by atoms with van der Waals surface area (Å²) in [4.78, 5) is 4.76. The molecule has 18 heavy (non-hydrogen) atoms. The molecule has 100 valence electrons. The van der Waals surface area contributed by atoms with Crippen LogP contribution in [-0.2, 0) is 6.54 Å². The third-order valence-corrected chi connectivity index (χ3v) is 3.51. The first kappa shape index (κ1) is 13.3. The van der Waals surface area contributed by atoms with Crippen LogP contribution in [0.25, 0.3) is 0 Å². The molecular formula is C14H22FN3. The summed E-state index contributed by atoms with van der Waals surface area (Å²) in [6.07, 6.45) is 1.20. The molecule has 1 saturated heterocycles. The number of anilines is 1. The summed E-state index contributed by atoms with van der Waals surface area (Å²) in [5, 5.41) is 0. The Bertz CT molecular complexity index is 387. The van der Waals surface area contributed by atoms with E-state index in [9.17, 15) is 4.39 Å². The Hall–Kier alpha value is -1.13. The molecule has 1 aliphatic rings. The first-order chi connectivity index (χ1) is 8.70. The lowest BCUT2D eigenvalue weighted by Gasteiger charge is -2.34. The number of nitrogens with two attached hydrogens (primary N) is 1. The van der Waals surface area contributed by atoms with Gasteiger partial charge in [0.25, 0.3) is 0 Å². The van der Waals surface area contributed by atoms with E-state index in [2.05, 4.69) is 16.7 Å². The number of hydrogen-bond acceptors (Lipinski definition) is 3. The van der Waals surface area contributed by atoms with Crippen molar-refractivity contribution in [3.8, 4) is 0 Å². The summed E-state index contributed by atoms with van der Waals surface area (Å²) in [7, 11) is 0. The van der Waals surface area contributed by atoms with Crippen LogP contribution in [0.15, 0.2) is 18.2 Å². The van der Waals surface area contributed by atoms with Crippen molar-refractivity contribution >= 4 is 5.69 Å². The minimum Gasteiger partial charge on any atom is -0.396 e. The van der Waals surface area contributed by atoms with Crippen LogP contribution < -0.4 is 5.73 Å². The first-order valence-electron chi connectivity index (χ1n) is 6.68. The molecular weight excluding hydrogens is 229 g/mol. The van der Waals surface area contributed by atoms with Crippen LogP contribution in [0.3, 0.4) is 0 Å². The van der Waals surface area contributed by atoms with Crippen LogP contribution in [0, 0.1) is 5.82 Å². The monoisotopic (exact) mass is 251 g/mol. The van der Waals surface area contributed by atoms with E-state index in [1.807, 2.05) is 12.1 Å². The molecule has 1 aliphatic heterocycles. The van der Waals surface area contributed by atoms with E-state index in [-0.39, 0.29) is 11.5 Å². The maximum atomic E-state index is 13.8. The van der Waals surface area contributed by atoms with Gasteiger partial charge < -0.3 is 10.6 Å². The summed E-state index contributed by atoms with van der Waals surface area (Å²) in [6.45, 7) is 8.21. The molecule has 0 unspecified atom stereocenters. The molecule has 0 bridgehead atoms. The Morgan fingerprint density at radius 3 is 2.50 bits per heavy atom. The lowest BCUT2D eigenvalue weighted by Crippen LogP contribution is -2.46. The summed E-state index contributed by atoms with van der Waals surface area (Å²) in [5.74, 6) is -0.256. The predicted molar refractivity (Wildman–Crippen MR) is 72.8 cm³/mol. The smallest absolute Gasteiger partial charge is 0.150 e. The zero-order chi connectivity index (χ0) is 13.0. The van der Waals surface area contributed by atoms with Crippen molar-refractivity contribution in [1.82, 2.24) is 9.80 Å². The number of hydrogen-bond donors (Lipinski definition) is 1. The molecule has 2 N–H and O–H groups in total. The maximum Gasteiger partial charge on any atom is 0.150 e. The Labute approximate surface area is 108 Å². The molecule has 2 rings (SSSR count). The first-order valence-corrected chi connectivity index (χ1v) is 6.68. The van der Waals surface area contributed by atoms with Gasteiger partial charge in [-0.15, -0.1) is 0 Å². The zero-order valence-corrected chi connectivity index (χ0v) is 11.0. The van der Waals surface area contributed by atoms with E-state index in [1.165, 1.54) is 13.0 Å². The highest BCUT2D eigenvalue weighted by Gasteiger charge is 2.17. The normalized spacial score (nSPS) is 18.1. The molecule has 4 heteroatoms. The maximum absolute atomic E-state index is 13.8. The summed E-state index contributed by atoms with van der Waals surface area (Å²) < 4.78 is 13.8. The second-order valence-electron chi connectivity index (χ2n) is 4.94. The quantitative estimate of drug-likeness (QED) is 0.830. The summed E-state index contributed by atoms with van der Waals surface area (Å²) in [5.41, 5.74) is 6.54. The van der Waals surface area contributed by atoms with Crippen molar-refractivity contribution in [1.29, 1.82) is 0 Å². The van der Waals surface area contributed by atoms with Crippen molar-refractivity contribution in [2.24, 2.45) is 0 Å². The zero-order valence-electron chi connectivity index (χ0n) is 11.0. The van der Waals surface area contributed by atoms with Gasteiger partial charge in [-0.1, -0.05) is 19.1 Å². The van der Waals surface area contributed by atoms with Crippen LogP contribution in [-0.4, -0.2) is 42.5 Å². The second kappa shape index (κ2) is 6.16. The molecule has 0 aliphatic carbocycles. The number of halogens is 1. The van der Waals surface area contributed by atoms with Gasteiger partial charge in [-0.25, -0.2) is 4.39 Å².